The second-order valence-corrected chi connectivity index (χ2v) is 6.21. The molecule has 0 aliphatic heterocycles. The fourth-order valence-corrected chi connectivity index (χ4v) is 3.32. The average Bonchev–Trinajstić information content (AvgIpc) is 3.37. The Morgan fingerprint density at radius 3 is 2.62 bits per heavy atom. The van der Waals surface area contributed by atoms with Crippen molar-refractivity contribution < 1.29 is 5.11 Å². The lowest BCUT2D eigenvalue weighted by Gasteiger charge is -2.13. The van der Waals surface area contributed by atoms with Crippen LogP contribution in [0.15, 0.2) is 48.7 Å². The summed E-state index contributed by atoms with van der Waals surface area (Å²) in [7, 11) is 0. The molecule has 0 saturated carbocycles. The van der Waals surface area contributed by atoms with Crippen molar-refractivity contribution in [3.05, 3.63) is 65.5 Å². The number of aliphatic hydroxyl groups excluding tert-OH is 1. The molecule has 0 unspecified atom stereocenters. The van der Waals surface area contributed by atoms with Crippen molar-refractivity contribution in [2.24, 2.45) is 0 Å². The van der Waals surface area contributed by atoms with Crippen LogP contribution >= 0.6 is 0 Å². The molecule has 4 nitrogen and oxygen atoms in total. The van der Waals surface area contributed by atoms with E-state index in [2.05, 4.69) is 46.7 Å². The summed E-state index contributed by atoms with van der Waals surface area (Å²) in [6, 6.07) is 14.5. The van der Waals surface area contributed by atoms with Gasteiger partial charge >= 0.3 is 0 Å². The van der Waals surface area contributed by atoms with Gasteiger partial charge in [0.15, 0.2) is 0 Å². The van der Waals surface area contributed by atoms with Crippen LogP contribution in [-0.4, -0.2) is 21.7 Å². The number of anilines is 2. The first-order chi connectivity index (χ1) is 12.8. The number of hydrogen-bond donors (Lipinski definition) is 3. The van der Waals surface area contributed by atoms with Crippen LogP contribution in [0.4, 0.5) is 11.4 Å². The van der Waals surface area contributed by atoms with Gasteiger partial charge in [-0.2, -0.15) is 0 Å². The SMILES string of the molecule is CC.OCCc1ccc(Nc2cc(-c3ccc[nH]3)nc3c2CCC3)cc1. The van der Waals surface area contributed by atoms with Gasteiger partial charge in [-0.05, 0) is 67.1 Å². The predicted molar refractivity (Wildman–Crippen MR) is 108 cm³/mol. The van der Waals surface area contributed by atoms with Crippen LogP contribution in [0, 0.1) is 0 Å². The molecule has 1 aromatic carbocycles. The maximum atomic E-state index is 9.03. The fourth-order valence-electron chi connectivity index (χ4n) is 3.32. The summed E-state index contributed by atoms with van der Waals surface area (Å²) in [5.41, 5.74) is 7.94. The first-order valence-corrected chi connectivity index (χ1v) is 9.47. The number of hydrogen-bond acceptors (Lipinski definition) is 3. The predicted octanol–water partition coefficient (Wildman–Crippen LogP) is 4.87. The maximum absolute atomic E-state index is 9.03. The summed E-state index contributed by atoms with van der Waals surface area (Å²) < 4.78 is 0. The van der Waals surface area contributed by atoms with Gasteiger partial charge in [-0.1, -0.05) is 26.0 Å². The normalized spacial score (nSPS) is 12.3. The molecule has 26 heavy (non-hydrogen) atoms. The Labute approximate surface area is 155 Å². The van der Waals surface area contributed by atoms with Crippen molar-refractivity contribution >= 4 is 11.4 Å². The van der Waals surface area contributed by atoms with E-state index in [0.29, 0.717) is 6.42 Å². The second-order valence-electron chi connectivity index (χ2n) is 6.21. The highest BCUT2D eigenvalue weighted by Crippen LogP contribution is 2.33. The Balaban J connectivity index is 0.000000948. The number of aliphatic hydroxyl groups is 1. The molecule has 0 amide bonds. The summed E-state index contributed by atoms with van der Waals surface area (Å²) in [5.74, 6) is 0. The molecule has 0 saturated heterocycles. The molecule has 2 heterocycles. The number of aromatic nitrogens is 2. The molecule has 1 aliphatic carbocycles. The quantitative estimate of drug-likeness (QED) is 0.616. The Bertz CT molecular complexity index is 823. The summed E-state index contributed by atoms with van der Waals surface area (Å²) in [4.78, 5) is 8.08. The molecule has 0 radical (unpaired) electrons. The van der Waals surface area contributed by atoms with E-state index in [1.807, 2.05) is 26.1 Å². The molecular weight excluding hydrogens is 322 g/mol. The minimum atomic E-state index is 0.185. The van der Waals surface area contributed by atoms with Crippen molar-refractivity contribution in [1.82, 2.24) is 9.97 Å². The van der Waals surface area contributed by atoms with E-state index >= 15 is 0 Å². The van der Waals surface area contributed by atoms with Crippen LogP contribution < -0.4 is 5.32 Å². The van der Waals surface area contributed by atoms with Crippen LogP contribution in [0.2, 0.25) is 0 Å². The third-order valence-electron chi connectivity index (χ3n) is 4.56. The number of fused-ring (bicyclic) bond motifs is 1. The first kappa shape index (κ1) is 18.2. The van der Waals surface area contributed by atoms with Crippen LogP contribution in [-0.2, 0) is 19.3 Å². The van der Waals surface area contributed by atoms with Gasteiger partial charge in [-0.3, -0.25) is 4.98 Å². The third-order valence-corrected chi connectivity index (χ3v) is 4.56. The average molecular weight is 349 g/mol. The van der Waals surface area contributed by atoms with Crippen molar-refractivity contribution in [2.45, 2.75) is 39.5 Å². The van der Waals surface area contributed by atoms with Gasteiger partial charge in [0.25, 0.3) is 0 Å². The lowest BCUT2D eigenvalue weighted by Crippen LogP contribution is -2.00. The number of H-pyrrole nitrogens is 1. The lowest BCUT2D eigenvalue weighted by atomic mass is 10.1. The van der Waals surface area contributed by atoms with Gasteiger partial charge in [0.2, 0.25) is 0 Å². The molecule has 0 fully saturated rings. The Morgan fingerprint density at radius 1 is 1.12 bits per heavy atom. The van der Waals surface area contributed by atoms with E-state index < -0.39 is 0 Å². The number of nitrogens with zero attached hydrogens (tertiary/aromatic N) is 1. The number of nitrogens with one attached hydrogen (secondary N) is 2. The van der Waals surface area contributed by atoms with Gasteiger partial charge in [0.1, 0.15) is 0 Å². The monoisotopic (exact) mass is 349 g/mol. The molecule has 1 aliphatic rings. The highest BCUT2D eigenvalue weighted by Gasteiger charge is 2.19. The minimum Gasteiger partial charge on any atom is -0.396 e. The molecule has 3 aromatic rings. The van der Waals surface area contributed by atoms with Gasteiger partial charge in [-0.25, -0.2) is 0 Å². The topological polar surface area (TPSA) is 60.9 Å². The Morgan fingerprint density at radius 2 is 1.92 bits per heavy atom. The van der Waals surface area contributed by atoms with E-state index in [1.54, 1.807) is 0 Å². The zero-order valence-electron chi connectivity index (χ0n) is 15.5. The van der Waals surface area contributed by atoms with Crippen molar-refractivity contribution in [3.63, 3.8) is 0 Å². The molecule has 0 spiro atoms. The molecule has 136 valence electrons. The highest BCUT2D eigenvalue weighted by atomic mass is 16.2. The first-order valence-electron chi connectivity index (χ1n) is 9.47. The molecular formula is C22H27N3O. The molecule has 2 aromatic heterocycles. The number of pyridine rings is 1. The maximum Gasteiger partial charge on any atom is 0.0888 e. The molecule has 0 atom stereocenters. The summed E-state index contributed by atoms with van der Waals surface area (Å²) in [6.45, 7) is 4.18. The van der Waals surface area contributed by atoms with Crippen molar-refractivity contribution in [2.75, 3.05) is 11.9 Å². The van der Waals surface area contributed by atoms with E-state index in [4.69, 9.17) is 10.1 Å². The van der Waals surface area contributed by atoms with Gasteiger partial charge in [-0.15, -0.1) is 0 Å². The Kier molecular flexibility index (Phi) is 6.08. The van der Waals surface area contributed by atoms with E-state index in [1.165, 1.54) is 17.7 Å². The van der Waals surface area contributed by atoms with E-state index in [0.717, 1.165) is 41.2 Å². The van der Waals surface area contributed by atoms with E-state index in [9.17, 15) is 0 Å². The van der Waals surface area contributed by atoms with E-state index in [-0.39, 0.29) is 6.61 Å². The second kappa shape index (κ2) is 8.68. The molecule has 0 bridgehead atoms. The number of aryl methyl sites for hydroxylation is 1. The largest absolute Gasteiger partial charge is 0.396 e. The fraction of sp³-hybridized carbons (Fsp3) is 0.318. The smallest absolute Gasteiger partial charge is 0.0888 e. The zero-order valence-corrected chi connectivity index (χ0v) is 15.5. The summed E-state index contributed by atoms with van der Waals surface area (Å²) >= 11 is 0. The summed E-state index contributed by atoms with van der Waals surface area (Å²) in [6.07, 6.45) is 5.92. The van der Waals surface area contributed by atoms with Gasteiger partial charge < -0.3 is 15.4 Å². The molecule has 4 rings (SSSR count). The zero-order chi connectivity index (χ0) is 18.4. The van der Waals surface area contributed by atoms with Crippen LogP contribution in [0.3, 0.4) is 0 Å². The summed E-state index contributed by atoms with van der Waals surface area (Å²) in [5, 5.41) is 12.6. The lowest BCUT2D eigenvalue weighted by molar-refractivity contribution is 0.299. The van der Waals surface area contributed by atoms with Gasteiger partial charge in [0, 0.05) is 29.9 Å². The van der Waals surface area contributed by atoms with Crippen molar-refractivity contribution in [3.8, 4) is 11.4 Å². The van der Waals surface area contributed by atoms with Crippen molar-refractivity contribution in [1.29, 1.82) is 0 Å². The molecule has 4 heteroatoms. The van der Waals surface area contributed by atoms with Gasteiger partial charge in [0.05, 0.1) is 11.4 Å². The molecule has 3 N–H and O–H groups in total. The Hall–Kier alpha value is -2.59. The third kappa shape index (κ3) is 3.97. The highest BCUT2D eigenvalue weighted by molar-refractivity contribution is 5.71. The van der Waals surface area contributed by atoms with Crippen LogP contribution in [0.25, 0.3) is 11.4 Å². The minimum absolute atomic E-state index is 0.185. The van der Waals surface area contributed by atoms with Crippen LogP contribution in [0.5, 0.6) is 0 Å². The standard InChI is InChI=1S/C20H21N3O.C2H6/c24-12-10-14-6-8-15(9-7-14)22-19-13-20(18-5-2-11-21-18)23-17-4-1-3-16(17)19;1-2/h2,5-9,11,13,21,24H,1,3-4,10,12H2,(H,22,23);1-2H3. The van der Waals surface area contributed by atoms with Crippen LogP contribution in [0.1, 0.15) is 37.1 Å². The number of aromatic amines is 1. The number of rotatable bonds is 5. The number of benzene rings is 1.